The van der Waals surface area contributed by atoms with Crippen LogP contribution in [0.15, 0.2) is 57.8 Å². The molecule has 4 aromatic rings. The van der Waals surface area contributed by atoms with E-state index in [1.165, 1.54) is 16.9 Å². The predicted molar refractivity (Wildman–Crippen MR) is 114 cm³/mol. The van der Waals surface area contributed by atoms with Gasteiger partial charge in [-0.2, -0.15) is 0 Å². The van der Waals surface area contributed by atoms with Crippen molar-refractivity contribution >= 4 is 38.3 Å². The SMILES string of the molecule is CC(C)(C)c1ccc(C=c2sc3nnc(-c4ccccc4Br)n3c2=O)cc1. The second-order valence-corrected chi connectivity index (χ2v) is 9.27. The monoisotopic (exact) mass is 439 g/mol. The van der Waals surface area contributed by atoms with Crippen molar-refractivity contribution in [3.8, 4) is 11.4 Å². The summed E-state index contributed by atoms with van der Waals surface area (Å²) >= 11 is 4.88. The van der Waals surface area contributed by atoms with Crippen LogP contribution in [-0.2, 0) is 5.41 Å². The molecular weight excluding hydrogens is 422 g/mol. The van der Waals surface area contributed by atoms with Crippen molar-refractivity contribution in [2.45, 2.75) is 26.2 Å². The number of fused-ring (bicyclic) bond motifs is 1. The molecular formula is C21H18BrN3OS. The first kappa shape index (κ1) is 18.1. The van der Waals surface area contributed by atoms with Gasteiger partial charge in [-0.25, -0.2) is 4.40 Å². The summed E-state index contributed by atoms with van der Waals surface area (Å²) in [5.74, 6) is 0.557. The average molecular weight is 440 g/mol. The van der Waals surface area contributed by atoms with Gasteiger partial charge in [-0.1, -0.05) is 90.5 Å². The van der Waals surface area contributed by atoms with Gasteiger partial charge in [0.25, 0.3) is 5.56 Å². The first-order chi connectivity index (χ1) is 12.8. The summed E-state index contributed by atoms with van der Waals surface area (Å²) in [5.41, 5.74) is 3.13. The summed E-state index contributed by atoms with van der Waals surface area (Å²) in [4.78, 5) is 13.6. The number of thiazole rings is 1. The zero-order valence-corrected chi connectivity index (χ0v) is 17.6. The van der Waals surface area contributed by atoms with Crippen LogP contribution in [0, 0.1) is 0 Å². The molecule has 2 heterocycles. The molecule has 0 spiro atoms. The van der Waals surface area contributed by atoms with E-state index in [0.29, 0.717) is 15.3 Å². The van der Waals surface area contributed by atoms with Crippen LogP contribution in [0.2, 0.25) is 0 Å². The smallest absolute Gasteiger partial charge is 0.267 e. The van der Waals surface area contributed by atoms with Crippen LogP contribution in [-0.4, -0.2) is 14.6 Å². The second kappa shape index (κ2) is 6.69. The lowest BCUT2D eigenvalue weighted by molar-refractivity contribution is 0.590. The lowest BCUT2D eigenvalue weighted by Crippen LogP contribution is -2.23. The molecule has 0 aliphatic rings. The number of halogens is 1. The van der Waals surface area contributed by atoms with Gasteiger partial charge in [-0.3, -0.25) is 4.79 Å². The highest BCUT2D eigenvalue weighted by Gasteiger charge is 2.16. The van der Waals surface area contributed by atoms with E-state index in [1.807, 2.05) is 30.3 Å². The normalized spacial score (nSPS) is 12.8. The molecule has 0 fully saturated rings. The first-order valence-corrected chi connectivity index (χ1v) is 10.2. The zero-order valence-electron chi connectivity index (χ0n) is 15.2. The summed E-state index contributed by atoms with van der Waals surface area (Å²) in [7, 11) is 0. The minimum atomic E-state index is -0.0920. The van der Waals surface area contributed by atoms with Crippen LogP contribution in [0.25, 0.3) is 22.4 Å². The molecule has 0 atom stereocenters. The van der Waals surface area contributed by atoms with Crippen molar-refractivity contribution in [1.82, 2.24) is 14.6 Å². The number of benzene rings is 2. The number of aromatic nitrogens is 3. The molecule has 2 aromatic carbocycles. The van der Waals surface area contributed by atoms with E-state index in [2.05, 4.69) is 71.2 Å². The van der Waals surface area contributed by atoms with Crippen molar-refractivity contribution in [3.63, 3.8) is 0 Å². The predicted octanol–water partition coefficient (Wildman–Crippen LogP) is 4.43. The molecule has 4 nitrogen and oxygen atoms in total. The summed E-state index contributed by atoms with van der Waals surface area (Å²) in [5, 5.41) is 8.41. The van der Waals surface area contributed by atoms with Crippen molar-refractivity contribution in [1.29, 1.82) is 0 Å². The molecule has 6 heteroatoms. The van der Waals surface area contributed by atoms with Crippen molar-refractivity contribution < 1.29 is 0 Å². The molecule has 0 aliphatic heterocycles. The Kier molecular flexibility index (Phi) is 4.48. The van der Waals surface area contributed by atoms with Gasteiger partial charge in [-0.05, 0) is 28.7 Å². The number of rotatable bonds is 2. The number of hydrogen-bond acceptors (Lipinski definition) is 4. The molecule has 2 aromatic heterocycles. The maximum atomic E-state index is 13.0. The molecule has 4 rings (SSSR count). The molecule has 0 N–H and O–H groups in total. The van der Waals surface area contributed by atoms with E-state index in [4.69, 9.17) is 0 Å². The Bertz CT molecular complexity index is 1230. The quantitative estimate of drug-likeness (QED) is 0.464. The molecule has 0 unspecified atom stereocenters. The third kappa shape index (κ3) is 3.35. The Morgan fingerprint density at radius 3 is 2.41 bits per heavy atom. The minimum absolute atomic E-state index is 0.0920. The third-order valence-electron chi connectivity index (χ3n) is 4.44. The topological polar surface area (TPSA) is 47.3 Å². The fourth-order valence-corrected chi connectivity index (χ4v) is 4.28. The van der Waals surface area contributed by atoms with Crippen molar-refractivity contribution in [2.24, 2.45) is 0 Å². The van der Waals surface area contributed by atoms with Crippen LogP contribution in [0.4, 0.5) is 0 Å². The Labute approximate surface area is 169 Å². The second-order valence-electron chi connectivity index (χ2n) is 7.41. The Hall–Kier alpha value is -2.31. The lowest BCUT2D eigenvalue weighted by Gasteiger charge is -2.18. The van der Waals surface area contributed by atoms with Gasteiger partial charge in [0.05, 0.1) is 4.53 Å². The number of hydrogen-bond donors (Lipinski definition) is 0. The van der Waals surface area contributed by atoms with E-state index in [0.717, 1.165) is 15.6 Å². The first-order valence-electron chi connectivity index (χ1n) is 8.60. The van der Waals surface area contributed by atoms with Crippen LogP contribution < -0.4 is 10.1 Å². The molecule has 136 valence electrons. The van der Waals surface area contributed by atoms with E-state index >= 15 is 0 Å². The minimum Gasteiger partial charge on any atom is -0.267 e. The highest BCUT2D eigenvalue weighted by atomic mass is 79.9. The summed E-state index contributed by atoms with van der Waals surface area (Å²) in [6.45, 7) is 6.56. The van der Waals surface area contributed by atoms with Crippen molar-refractivity contribution in [3.05, 3.63) is 79.0 Å². The highest BCUT2D eigenvalue weighted by molar-refractivity contribution is 9.10. The number of nitrogens with zero attached hydrogens (tertiary/aromatic N) is 3. The van der Waals surface area contributed by atoms with Gasteiger partial charge in [0, 0.05) is 10.0 Å². The molecule has 0 bridgehead atoms. The molecule has 0 radical (unpaired) electrons. The van der Waals surface area contributed by atoms with E-state index in [9.17, 15) is 4.79 Å². The zero-order chi connectivity index (χ0) is 19.2. The Morgan fingerprint density at radius 2 is 1.74 bits per heavy atom. The van der Waals surface area contributed by atoms with Crippen LogP contribution in [0.3, 0.4) is 0 Å². The standard InChI is InChI=1S/C21H18BrN3OS/c1-21(2,3)14-10-8-13(9-11-14)12-17-19(26)25-18(23-24-20(25)27-17)15-6-4-5-7-16(15)22/h4-12H,1-3H3. The van der Waals surface area contributed by atoms with E-state index in [-0.39, 0.29) is 11.0 Å². The molecule has 0 saturated carbocycles. The van der Waals surface area contributed by atoms with Crippen molar-refractivity contribution in [2.75, 3.05) is 0 Å². The van der Waals surface area contributed by atoms with Crippen LogP contribution in [0.5, 0.6) is 0 Å². The van der Waals surface area contributed by atoms with Gasteiger partial charge >= 0.3 is 0 Å². The van der Waals surface area contributed by atoms with Crippen LogP contribution >= 0.6 is 27.3 Å². The fraction of sp³-hybridized carbons (Fsp3) is 0.190. The molecule has 0 amide bonds. The molecule has 0 saturated heterocycles. The van der Waals surface area contributed by atoms with E-state index < -0.39 is 0 Å². The van der Waals surface area contributed by atoms with Gasteiger partial charge in [-0.15, -0.1) is 10.2 Å². The maximum Gasteiger partial charge on any atom is 0.276 e. The summed E-state index contributed by atoms with van der Waals surface area (Å²) in [6.07, 6.45) is 1.91. The third-order valence-corrected chi connectivity index (χ3v) is 6.09. The van der Waals surface area contributed by atoms with Gasteiger partial charge in [0.15, 0.2) is 5.82 Å². The molecule has 0 aliphatic carbocycles. The van der Waals surface area contributed by atoms with Crippen LogP contribution in [0.1, 0.15) is 31.9 Å². The summed E-state index contributed by atoms with van der Waals surface area (Å²) < 4.78 is 3.12. The molecule has 27 heavy (non-hydrogen) atoms. The average Bonchev–Trinajstić information content (AvgIpc) is 3.16. The highest BCUT2D eigenvalue weighted by Crippen LogP contribution is 2.26. The van der Waals surface area contributed by atoms with Gasteiger partial charge in [0.1, 0.15) is 0 Å². The Balaban J connectivity index is 1.83. The summed E-state index contributed by atoms with van der Waals surface area (Å²) in [6, 6.07) is 16.0. The van der Waals surface area contributed by atoms with E-state index in [1.54, 1.807) is 4.40 Å². The fourth-order valence-electron chi connectivity index (χ4n) is 2.91. The lowest BCUT2D eigenvalue weighted by atomic mass is 9.87. The van der Waals surface area contributed by atoms with Gasteiger partial charge < -0.3 is 0 Å². The Morgan fingerprint density at radius 1 is 1.04 bits per heavy atom. The largest absolute Gasteiger partial charge is 0.276 e. The van der Waals surface area contributed by atoms with Gasteiger partial charge in [0.2, 0.25) is 4.96 Å². The maximum absolute atomic E-state index is 13.0.